The molecule has 1 saturated heterocycles. The van der Waals surface area contributed by atoms with E-state index in [2.05, 4.69) is 5.32 Å². The molecule has 2 rings (SSSR count). The maximum Gasteiger partial charge on any atom is 0.318 e. The van der Waals surface area contributed by atoms with Gasteiger partial charge in [-0.2, -0.15) is 0 Å². The van der Waals surface area contributed by atoms with Crippen molar-refractivity contribution in [2.75, 3.05) is 18.0 Å². The van der Waals surface area contributed by atoms with E-state index in [1.165, 1.54) is 0 Å². The molecule has 114 valence electrons. The molecule has 1 aliphatic rings. The van der Waals surface area contributed by atoms with Gasteiger partial charge in [0.15, 0.2) is 0 Å². The smallest absolute Gasteiger partial charge is 0.318 e. The zero-order valence-electron chi connectivity index (χ0n) is 12.5. The van der Waals surface area contributed by atoms with E-state index < -0.39 is 6.04 Å². The molecular weight excluding hydrogens is 290 g/mol. The lowest BCUT2D eigenvalue weighted by Gasteiger charge is -2.39. The first-order chi connectivity index (χ1) is 9.91. The molecule has 0 aromatic heterocycles. The number of para-hydroxylation sites is 1. The van der Waals surface area contributed by atoms with Gasteiger partial charge in [-0.25, -0.2) is 4.79 Å². The summed E-state index contributed by atoms with van der Waals surface area (Å²) in [5.74, 6) is -0.117. The Hall–Kier alpha value is -1.75. The molecule has 0 saturated carbocycles. The zero-order chi connectivity index (χ0) is 15.6. The van der Waals surface area contributed by atoms with Gasteiger partial charge in [0, 0.05) is 19.1 Å². The molecule has 1 aromatic rings. The average molecular weight is 310 g/mol. The van der Waals surface area contributed by atoms with Gasteiger partial charge < -0.3 is 15.1 Å². The number of halogens is 1. The van der Waals surface area contributed by atoms with Crippen LogP contribution in [0.5, 0.6) is 0 Å². The molecule has 1 fully saturated rings. The largest absolute Gasteiger partial charge is 0.336 e. The van der Waals surface area contributed by atoms with Gasteiger partial charge in [0.05, 0.1) is 10.7 Å². The first-order valence-corrected chi connectivity index (χ1v) is 7.42. The molecule has 1 aliphatic heterocycles. The molecule has 5 nitrogen and oxygen atoms in total. The van der Waals surface area contributed by atoms with Gasteiger partial charge in [-0.3, -0.25) is 4.79 Å². The Kier molecular flexibility index (Phi) is 4.73. The fourth-order valence-electron chi connectivity index (χ4n) is 2.39. The van der Waals surface area contributed by atoms with Gasteiger partial charge in [-0.05, 0) is 32.9 Å². The number of carbonyl (C=O) groups excluding carboxylic acids is 2. The number of benzene rings is 1. The molecule has 1 atom stereocenters. The number of rotatable bonds is 2. The second-order valence-electron chi connectivity index (χ2n) is 5.41. The van der Waals surface area contributed by atoms with Crippen molar-refractivity contribution in [1.82, 2.24) is 10.2 Å². The lowest BCUT2D eigenvalue weighted by atomic mass is 10.1. The lowest BCUT2D eigenvalue weighted by Crippen LogP contribution is -2.60. The summed E-state index contributed by atoms with van der Waals surface area (Å²) in [6.45, 7) is 6.45. The summed E-state index contributed by atoms with van der Waals surface area (Å²) in [7, 11) is 0. The molecule has 21 heavy (non-hydrogen) atoms. The molecule has 1 heterocycles. The van der Waals surface area contributed by atoms with Crippen LogP contribution in [0.15, 0.2) is 24.3 Å². The van der Waals surface area contributed by atoms with Crippen LogP contribution >= 0.6 is 11.6 Å². The first-order valence-electron chi connectivity index (χ1n) is 7.05. The highest BCUT2D eigenvalue weighted by molar-refractivity contribution is 6.33. The predicted octanol–water partition coefficient (Wildman–Crippen LogP) is 2.50. The minimum absolute atomic E-state index is 0.0430. The molecule has 6 heteroatoms. The second kappa shape index (κ2) is 6.35. The van der Waals surface area contributed by atoms with Crippen molar-refractivity contribution < 1.29 is 9.59 Å². The summed E-state index contributed by atoms with van der Waals surface area (Å²) >= 11 is 6.15. The fourth-order valence-corrected chi connectivity index (χ4v) is 2.63. The van der Waals surface area contributed by atoms with Crippen LogP contribution in [-0.4, -0.2) is 42.0 Å². The molecule has 0 aliphatic carbocycles. The summed E-state index contributed by atoms with van der Waals surface area (Å²) in [5.41, 5.74) is 0.694. The minimum atomic E-state index is -0.506. The summed E-state index contributed by atoms with van der Waals surface area (Å²) in [5, 5.41) is 3.36. The molecule has 0 spiro atoms. The quantitative estimate of drug-likeness (QED) is 0.912. The monoisotopic (exact) mass is 309 g/mol. The molecule has 1 N–H and O–H groups in total. The summed E-state index contributed by atoms with van der Waals surface area (Å²) in [4.78, 5) is 27.8. The van der Waals surface area contributed by atoms with Crippen LogP contribution in [0.4, 0.5) is 10.5 Å². The van der Waals surface area contributed by atoms with E-state index in [1.54, 1.807) is 22.8 Å². The van der Waals surface area contributed by atoms with Gasteiger partial charge in [-0.1, -0.05) is 23.7 Å². The van der Waals surface area contributed by atoms with Crippen molar-refractivity contribution in [3.63, 3.8) is 0 Å². The number of piperazine rings is 1. The average Bonchev–Trinajstić information content (AvgIpc) is 2.42. The van der Waals surface area contributed by atoms with Crippen LogP contribution in [0, 0.1) is 0 Å². The number of hydrogen-bond donors (Lipinski definition) is 1. The van der Waals surface area contributed by atoms with Gasteiger partial charge in [0.1, 0.15) is 6.04 Å². The summed E-state index contributed by atoms with van der Waals surface area (Å²) < 4.78 is 0. The molecule has 0 bridgehead atoms. The van der Waals surface area contributed by atoms with E-state index in [4.69, 9.17) is 11.6 Å². The Bertz CT molecular complexity index is 547. The van der Waals surface area contributed by atoms with E-state index >= 15 is 0 Å². The number of amides is 3. The minimum Gasteiger partial charge on any atom is -0.336 e. The third-order valence-corrected chi connectivity index (χ3v) is 3.79. The molecule has 1 unspecified atom stereocenters. The maximum absolute atomic E-state index is 12.5. The zero-order valence-corrected chi connectivity index (χ0v) is 13.2. The van der Waals surface area contributed by atoms with Gasteiger partial charge in [-0.15, -0.1) is 0 Å². The lowest BCUT2D eigenvalue weighted by molar-refractivity contribution is -0.124. The van der Waals surface area contributed by atoms with Crippen LogP contribution in [-0.2, 0) is 4.79 Å². The van der Waals surface area contributed by atoms with E-state index in [-0.39, 0.29) is 18.0 Å². The SMILES string of the molecule is CC(C)NC(=O)N1CCN(c2ccccc2Cl)C(=O)C1C. The number of carbonyl (C=O) groups is 2. The van der Waals surface area contributed by atoms with E-state index in [1.807, 2.05) is 32.0 Å². The third-order valence-electron chi connectivity index (χ3n) is 3.47. The van der Waals surface area contributed by atoms with Crippen LogP contribution in [0.25, 0.3) is 0 Å². The number of anilines is 1. The van der Waals surface area contributed by atoms with E-state index in [0.29, 0.717) is 23.8 Å². The second-order valence-corrected chi connectivity index (χ2v) is 5.82. The topological polar surface area (TPSA) is 52.7 Å². The van der Waals surface area contributed by atoms with Crippen molar-refractivity contribution >= 4 is 29.2 Å². The number of nitrogens with zero attached hydrogens (tertiary/aromatic N) is 2. The first kappa shape index (κ1) is 15.6. The molecule has 0 radical (unpaired) electrons. The Balaban J connectivity index is 2.15. The van der Waals surface area contributed by atoms with Crippen molar-refractivity contribution in [2.45, 2.75) is 32.9 Å². The van der Waals surface area contributed by atoms with Gasteiger partial charge >= 0.3 is 6.03 Å². The molecular formula is C15H20ClN3O2. The van der Waals surface area contributed by atoms with Crippen molar-refractivity contribution in [3.8, 4) is 0 Å². The normalized spacial score (nSPS) is 19.1. The Morgan fingerprint density at radius 3 is 2.62 bits per heavy atom. The highest BCUT2D eigenvalue weighted by atomic mass is 35.5. The molecule has 1 aromatic carbocycles. The van der Waals surface area contributed by atoms with Crippen LogP contribution < -0.4 is 10.2 Å². The van der Waals surface area contributed by atoms with E-state index in [0.717, 1.165) is 0 Å². The van der Waals surface area contributed by atoms with Crippen molar-refractivity contribution in [2.24, 2.45) is 0 Å². The Labute approximate surface area is 129 Å². The maximum atomic E-state index is 12.5. The summed E-state index contributed by atoms with van der Waals surface area (Å²) in [6.07, 6.45) is 0. The van der Waals surface area contributed by atoms with E-state index in [9.17, 15) is 9.59 Å². The molecule has 3 amide bonds. The third kappa shape index (κ3) is 3.29. The van der Waals surface area contributed by atoms with Gasteiger partial charge in [0.2, 0.25) is 5.91 Å². The van der Waals surface area contributed by atoms with Crippen molar-refractivity contribution in [1.29, 1.82) is 0 Å². The number of nitrogens with one attached hydrogen (secondary N) is 1. The van der Waals surface area contributed by atoms with Crippen LogP contribution in [0.3, 0.4) is 0 Å². The standard InChI is InChI=1S/C15H20ClN3O2/c1-10(2)17-15(21)18-8-9-19(14(20)11(18)3)13-7-5-4-6-12(13)16/h4-7,10-11H,8-9H2,1-3H3,(H,17,21). The van der Waals surface area contributed by atoms with Gasteiger partial charge in [0.25, 0.3) is 0 Å². The van der Waals surface area contributed by atoms with Crippen molar-refractivity contribution in [3.05, 3.63) is 29.3 Å². The van der Waals surface area contributed by atoms with Crippen LogP contribution in [0.2, 0.25) is 5.02 Å². The highest BCUT2D eigenvalue weighted by Crippen LogP contribution is 2.28. The fraction of sp³-hybridized carbons (Fsp3) is 0.467. The predicted molar refractivity (Wildman–Crippen MR) is 83.6 cm³/mol. The summed E-state index contributed by atoms with van der Waals surface area (Å²) in [6, 6.07) is 6.58. The number of hydrogen-bond acceptors (Lipinski definition) is 2. The highest BCUT2D eigenvalue weighted by Gasteiger charge is 2.35. The number of urea groups is 1. The Morgan fingerprint density at radius 1 is 1.33 bits per heavy atom. The van der Waals surface area contributed by atoms with Crippen LogP contribution in [0.1, 0.15) is 20.8 Å². The Morgan fingerprint density at radius 2 is 2.00 bits per heavy atom.